The van der Waals surface area contributed by atoms with Crippen LogP contribution in [0.3, 0.4) is 0 Å². The number of nitrogens with zero attached hydrogens (tertiary/aromatic N) is 2. The summed E-state index contributed by atoms with van der Waals surface area (Å²) in [6.07, 6.45) is 2.43. The predicted molar refractivity (Wildman–Crippen MR) is 110 cm³/mol. The van der Waals surface area contributed by atoms with Crippen LogP contribution in [0.2, 0.25) is 0 Å². The van der Waals surface area contributed by atoms with Gasteiger partial charge in [0.05, 0.1) is 12.2 Å². The fourth-order valence-corrected chi connectivity index (χ4v) is 4.29. The van der Waals surface area contributed by atoms with Crippen molar-refractivity contribution in [3.63, 3.8) is 0 Å². The number of rotatable bonds is 4. The van der Waals surface area contributed by atoms with Gasteiger partial charge in [0.15, 0.2) is 11.9 Å². The molecule has 1 aromatic heterocycles. The van der Waals surface area contributed by atoms with Crippen molar-refractivity contribution in [3.05, 3.63) is 54.0 Å². The number of benzene rings is 1. The molecule has 2 atom stereocenters. The molecule has 2 aliphatic heterocycles. The Balaban J connectivity index is 1.32. The van der Waals surface area contributed by atoms with Gasteiger partial charge in [-0.1, -0.05) is 18.2 Å². The van der Waals surface area contributed by atoms with Crippen LogP contribution in [0.5, 0.6) is 0 Å². The van der Waals surface area contributed by atoms with Crippen LogP contribution < -0.4 is 4.90 Å². The highest BCUT2D eigenvalue weighted by molar-refractivity contribution is 5.99. The number of fused-ring (bicyclic) bond motifs is 1. The fourth-order valence-electron chi connectivity index (χ4n) is 4.29. The summed E-state index contributed by atoms with van der Waals surface area (Å²) in [7, 11) is 0. The van der Waals surface area contributed by atoms with Gasteiger partial charge < -0.3 is 19.0 Å². The predicted octanol–water partition coefficient (Wildman–Crippen LogP) is 3.04. The topological polar surface area (TPSA) is 80.1 Å². The van der Waals surface area contributed by atoms with E-state index in [1.165, 1.54) is 6.26 Å². The molecule has 2 amide bonds. The Bertz CT molecular complexity index is 931. The number of para-hydroxylation sites is 1. The molecule has 30 heavy (non-hydrogen) atoms. The van der Waals surface area contributed by atoms with Gasteiger partial charge >= 0.3 is 5.97 Å². The average Bonchev–Trinajstić information content (AvgIpc) is 3.40. The minimum Gasteiger partial charge on any atom is -0.459 e. The van der Waals surface area contributed by atoms with Gasteiger partial charge in [0.1, 0.15) is 0 Å². The highest BCUT2D eigenvalue weighted by Crippen LogP contribution is 2.32. The van der Waals surface area contributed by atoms with E-state index < -0.39 is 6.10 Å². The highest BCUT2D eigenvalue weighted by atomic mass is 16.5. The first-order valence-electron chi connectivity index (χ1n) is 10.4. The smallest absolute Gasteiger partial charge is 0.309 e. The summed E-state index contributed by atoms with van der Waals surface area (Å²) >= 11 is 0. The molecule has 0 saturated carbocycles. The molecule has 7 nitrogen and oxygen atoms in total. The number of carbonyl (C=O) groups excluding carboxylic acids is 3. The summed E-state index contributed by atoms with van der Waals surface area (Å²) in [5.74, 6) is -0.760. The van der Waals surface area contributed by atoms with E-state index in [1.807, 2.05) is 31.2 Å². The molecule has 0 aliphatic carbocycles. The summed E-state index contributed by atoms with van der Waals surface area (Å²) in [4.78, 5) is 41.4. The summed E-state index contributed by atoms with van der Waals surface area (Å²) in [5, 5.41) is 0. The molecule has 1 aromatic carbocycles. The summed E-state index contributed by atoms with van der Waals surface area (Å²) in [5.41, 5.74) is 2.02. The molecular weight excluding hydrogens is 384 g/mol. The Labute approximate surface area is 175 Å². The molecule has 158 valence electrons. The summed E-state index contributed by atoms with van der Waals surface area (Å²) in [6.45, 7) is 4.54. The second kappa shape index (κ2) is 8.34. The third kappa shape index (κ3) is 3.84. The van der Waals surface area contributed by atoms with Crippen molar-refractivity contribution in [1.29, 1.82) is 0 Å². The van der Waals surface area contributed by atoms with Crippen LogP contribution in [0.1, 0.15) is 42.8 Å². The third-order valence-corrected chi connectivity index (χ3v) is 5.93. The number of anilines is 1. The number of esters is 1. The minimum atomic E-state index is -0.853. The van der Waals surface area contributed by atoms with E-state index in [-0.39, 0.29) is 29.7 Å². The largest absolute Gasteiger partial charge is 0.459 e. The lowest BCUT2D eigenvalue weighted by Gasteiger charge is -2.31. The number of ether oxygens (including phenoxy) is 1. The average molecular weight is 410 g/mol. The van der Waals surface area contributed by atoms with E-state index in [2.05, 4.69) is 0 Å². The number of hydrogen-bond acceptors (Lipinski definition) is 5. The Hall–Kier alpha value is -3.09. The van der Waals surface area contributed by atoms with E-state index in [9.17, 15) is 14.4 Å². The lowest BCUT2D eigenvalue weighted by atomic mass is 9.97. The highest BCUT2D eigenvalue weighted by Gasteiger charge is 2.36. The first-order valence-corrected chi connectivity index (χ1v) is 10.4. The van der Waals surface area contributed by atoms with Crippen molar-refractivity contribution >= 4 is 23.5 Å². The zero-order valence-corrected chi connectivity index (χ0v) is 17.2. The van der Waals surface area contributed by atoms with Crippen LogP contribution in [-0.4, -0.2) is 47.9 Å². The zero-order valence-electron chi connectivity index (χ0n) is 17.2. The Kier molecular flexibility index (Phi) is 5.61. The second-order valence-electron chi connectivity index (χ2n) is 8.01. The lowest BCUT2D eigenvalue weighted by Crippen LogP contribution is -2.45. The third-order valence-electron chi connectivity index (χ3n) is 5.93. The molecule has 1 saturated heterocycles. The van der Waals surface area contributed by atoms with Gasteiger partial charge in [0.2, 0.25) is 0 Å². The maximum atomic E-state index is 13.0. The van der Waals surface area contributed by atoms with E-state index in [0.29, 0.717) is 31.7 Å². The van der Waals surface area contributed by atoms with Gasteiger partial charge in [-0.15, -0.1) is 0 Å². The van der Waals surface area contributed by atoms with Crippen LogP contribution in [0, 0.1) is 5.92 Å². The van der Waals surface area contributed by atoms with Crippen molar-refractivity contribution in [2.45, 2.75) is 45.3 Å². The van der Waals surface area contributed by atoms with Gasteiger partial charge in [-0.05, 0) is 56.9 Å². The number of carbonyl (C=O) groups is 3. The molecule has 0 radical (unpaired) electrons. The number of hydrogen-bond donors (Lipinski definition) is 0. The van der Waals surface area contributed by atoms with Crippen LogP contribution in [0.25, 0.3) is 0 Å². The molecule has 3 heterocycles. The SMILES string of the molecule is C[C@H](OC(=O)C1CCN(C(=O)c2ccco2)CC1)C(=O)N1c2ccccc2C[C@H]1C. The van der Waals surface area contributed by atoms with Gasteiger partial charge in [-0.25, -0.2) is 0 Å². The first kappa shape index (κ1) is 20.2. The van der Waals surface area contributed by atoms with Crippen LogP contribution >= 0.6 is 0 Å². The van der Waals surface area contributed by atoms with E-state index in [1.54, 1.807) is 28.9 Å². The van der Waals surface area contributed by atoms with E-state index in [4.69, 9.17) is 9.15 Å². The zero-order chi connectivity index (χ0) is 21.3. The summed E-state index contributed by atoms with van der Waals surface area (Å²) < 4.78 is 10.7. The first-order chi connectivity index (χ1) is 14.5. The van der Waals surface area contributed by atoms with Gasteiger partial charge in [-0.2, -0.15) is 0 Å². The Morgan fingerprint density at radius 1 is 1.10 bits per heavy atom. The summed E-state index contributed by atoms with van der Waals surface area (Å²) in [6, 6.07) is 11.2. The lowest BCUT2D eigenvalue weighted by molar-refractivity contribution is -0.159. The molecule has 4 rings (SSSR count). The molecule has 0 spiro atoms. The number of piperidine rings is 1. The maximum absolute atomic E-state index is 13.0. The van der Waals surface area contributed by atoms with Crippen LogP contribution in [0.4, 0.5) is 5.69 Å². The normalized spacial score (nSPS) is 20.0. The standard InChI is InChI=1S/C23H26N2O5/c1-15-14-18-6-3-4-7-19(18)25(15)21(26)16(2)30-23(28)17-9-11-24(12-10-17)22(27)20-8-5-13-29-20/h3-8,13,15-17H,9-12,14H2,1-2H3/t15-,16+/m1/s1. The van der Waals surface area contributed by atoms with Crippen LogP contribution in [-0.2, 0) is 20.7 Å². The number of amides is 2. The monoisotopic (exact) mass is 410 g/mol. The molecule has 0 unspecified atom stereocenters. The Morgan fingerprint density at radius 2 is 1.83 bits per heavy atom. The van der Waals surface area contributed by atoms with Crippen LogP contribution in [0.15, 0.2) is 47.1 Å². The molecule has 7 heteroatoms. The molecule has 2 aliphatic rings. The van der Waals surface area contributed by atoms with Gasteiger partial charge in [-0.3, -0.25) is 14.4 Å². The molecule has 0 N–H and O–H groups in total. The van der Waals surface area contributed by atoms with Crippen molar-refractivity contribution in [2.24, 2.45) is 5.92 Å². The van der Waals surface area contributed by atoms with Gasteiger partial charge in [0.25, 0.3) is 11.8 Å². The maximum Gasteiger partial charge on any atom is 0.309 e. The van der Waals surface area contributed by atoms with Crippen molar-refractivity contribution < 1.29 is 23.5 Å². The minimum absolute atomic E-state index is 0.0342. The quantitative estimate of drug-likeness (QED) is 0.724. The molecule has 0 bridgehead atoms. The molecule has 1 fully saturated rings. The molecule has 2 aromatic rings. The number of likely N-dealkylation sites (tertiary alicyclic amines) is 1. The fraction of sp³-hybridized carbons (Fsp3) is 0.435. The van der Waals surface area contributed by atoms with E-state index in [0.717, 1.165) is 17.7 Å². The van der Waals surface area contributed by atoms with Crippen molar-refractivity contribution in [1.82, 2.24) is 4.90 Å². The van der Waals surface area contributed by atoms with Crippen molar-refractivity contribution in [2.75, 3.05) is 18.0 Å². The van der Waals surface area contributed by atoms with Crippen molar-refractivity contribution in [3.8, 4) is 0 Å². The van der Waals surface area contributed by atoms with Gasteiger partial charge in [0, 0.05) is 24.8 Å². The number of furan rings is 1. The second-order valence-corrected chi connectivity index (χ2v) is 8.01. The van der Waals surface area contributed by atoms with E-state index >= 15 is 0 Å². The Morgan fingerprint density at radius 3 is 2.53 bits per heavy atom. The molecular formula is C23H26N2O5.